The van der Waals surface area contributed by atoms with Crippen LogP contribution in [-0.4, -0.2) is 31.8 Å². The zero-order chi connectivity index (χ0) is 15.7. The predicted molar refractivity (Wildman–Crippen MR) is 84.6 cm³/mol. The predicted octanol–water partition coefficient (Wildman–Crippen LogP) is 2.95. The van der Waals surface area contributed by atoms with Crippen molar-refractivity contribution in [1.82, 2.24) is 5.32 Å². The van der Waals surface area contributed by atoms with Crippen molar-refractivity contribution < 1.29 is 14.3 Å². The third-order valence-corrected chi connectivity index (χ3v) is 3.71. The monoisotopic (exact) mass is 293 g/mol. The summed E-state index contributed by atoms with van der Waals surface area (Å²) >= 11 is 0. The average Bonchev–Trinajstić information content (AvgIpc) is 2.51. The summed E-state index contributed by atoms with van der Waals surface area (Å²) in [4.78, 5) is 11.9. The minimum absolute atomic E-state index is 0.207. The summed E-state index contributed by atoms with van der Waals surface area (Å²) < 4.78 is 10.9. The Morgan fingerprint density at radius 2 is 2.00 bits per heavy atom. The number of benzene rings is 1. The Morgan fingerprint density at radius 1 is 1.29 bits per heavy atom. The van der Waals surface area contributed by atoms with E-state index < -0.39 is 5.54 Å². The van der Waals surface area contributed by atoms with Gasteiger partial charge in [-0.05, 0) is 51.8 Å². The first-order valence-electron chi connectivity index (χ1n) is 7.64. The summed E-state index contributed by atoms with van der Waals surface area (Å²) in [7, 11) is 1.78. The van der Waals surface area contributed by atoms with E-state index >= 15 is 0 Å². The molecule has 0 fully saturated rings. The SMILES string of the molecule is CCOC(=O)C(C)(CCCOc1ccccc1CC)NC. The van der Waals surface area contributed by atoms with Gasteiger partial charge in [-0.15, -0.1) is 0 Å². The molecule has 0 bridgehead atoms. The van der Waals surface area contributed by atoms with Crippen LogP contribution in [0.5, 0.6) is 5.75 Å². The van der Waals surface area contributed by atoms with E-state index in [9.17, 15) is 4.79 Å². The van der Waals surface area contributed by atoms with Gasteiger partial charge in [-0.3, -0.25) is 4.79 Å². The second kappa shape index (κ2) is 8.67. The van der Waals surface area contributed by atoms with Gasteiger partial charge in [0.15, 0.2) is 0 Å². The highest BCUT2D eigenvalue weighted by Gasteiger charge is 2.32. The average molecular weight is 293 g/mol. The van der Waals surface area contributed by atoms with E-state index in [1.54, 1.807) is 7.05 Å². The summed E-state index contributed by atoms with van der Waals surface area (Å²) in [5.41, 5.74) is 0.558. The highest BCUT2D eigenvalue weighted by molar-refractivity contribution is 5.80. The van der Waals surface area contributed by atoms with Gasteiger partial charge in [-0.25, -0.2) is 0 Å². The van der Waals surface area contributed by atoms with Crippen LogP contribution in [0.4, 0.5) is 0 Å². The summed E-state index contributed by atoms with van der Waals surface area (Å²) in [6, 6.07) is 8.06. The number of nitrogens with one attached hydrogen (secondary N) is 1. The molecular weight excluding hydrogens is 266 g/mol. The number of likely N-dealkylation sites (N-methyl/N-ethyl adjacent to an activating group) is 1. The number of carbonyl (C=O) groups excluding carboxylic acids is 1. The molecule has 1 rings (SSSR count). The molecule has 0 heterocycles. The third kappa shape index (κ3) is 5.05. The van der Waals surface area contributed by atoms with Crippen LogP contribution in [0.1, 0.15) is 39.2 Å². The molecule has 0 saturated carbocycles. The third-order valence-electron chi connectivity index (χ3n) is 3.71. The molecule has 4 nitrogen and oxygen atoms in total. The maximum Gasteiger partial charge on any atom is 0.326 e. The fraction of sp³-hybridized carbons (Fsp3) is 0.588. The molecule has 4 heteroatoms. The Morgan fingerprint density at radius 3 is 2.62 bits per heavy atom. The van der Waals surface area contributed by atoms with Gasteiger partial charge < -0.3 is 14.8 Å². The molecular formula is C17H27NO3. The van der Waals surface area contributed by atoms with Crippen LogP contribution < -0.4 is 10.1 Å². The number of aryl methyl sites for hydroxylation is 1. The van der Waals surface area contributed by atoms with Crippen molar-refractivity contribution in [3.05, 3.63) is 29.8 Å². The maximum atomic E-state index is 11.9. The van der Waals surface area contributed by atoms with Crippen molar-refractivity contribution in [2.24, 2.45) is 0 Å². The van der Waals surface area contributed by atoms with Crippen LogP contribution in [0.15, 0.2) is 24.3 Å². The lowest BCUT2D eigenvalue weighted by atomic mass is 9.96. The summed E-state index contributed by atoms with van der Waals surface area (Å²) in [5.74, 6) is 0.726. The molecule has 1 aromatic rings. The van der Waals surface area contributed by atoms with E-state index in [0.717, 1.165) is 18.6 Å². The van der Waals surface area contributed by atoms with Gasteiger partial charge in [-0.2, -0.15) is 0 Å². The molecule has 21 heavy (non-hydrogen) atoms. The van der Waals surface area contributed by atoms with Crippen LogP contribution in [-0.2, 0) is 16.0 Å². The number of ether oxygens (including phenoxy) is 2. The number of rotatable bonds is 9. The zero-order valence-corrected chi connectivity index (χ0v) is 13.6. The topological polar surface area (TPSA) is 47.6 Å². The molecule has 0 aromatic heterocycles. The van der Waals surface area contributed by atoms with Gasteiger partial charge in [-0.1, -0.05) is 25.1 Å². The summed E-state index contributed by atoms with van der Waals surface area (Å²) in [5, 5.41) is 3.05. The molecule has 1 aromatic carbocycles. The molecule has 1 unspecified atom stereocenters. The quantitative estimate of drug-likeness (QED) is 0.562. The van der Waals surface area contributed by atoms with E-state index in [0.29, 0.717) is 19.6 Å². The fourth-order valence-corrected chi connectivity index (χ4v) is 2.16. The Kier molecular flexibility index (Phi) is 7.23. The minimum Gasteiger partial charge on any atom is -0.493 e. The van der Waals surface area contributed by atoms with E-state index in [1.807, 2.05) is 32.0 Å². The van der Waals surface area contributed by atoms with E-state index in [1.165, 1.54) is 5.56 Å². The summed E-state index contributed by atoms with van der Waals surface area (Å²) in [6.07, 6.45) is 2.41. The Balaban J connectivity index is 2.47. The minimum atomic E-state index is -0.649. The normalized spacial score (nSPS) is 13.5. The van der Waals surface area contributed by atoms with Crippen molar-refractivity contribution in [1.29, 1.82) is 0 Å². The highest BCUT2D eigenvalue weighted by Crippen LogP contribution is 2.20. The molecule has 1 atom stereocenters. The maximum absolute atomic E-state index is 11.9. The second-order valence-corrected chi connectivity index (χ2v) is 5.22. The lowest BCUT2D eigenvalue weighted by molar-refractivity contribution is -0.150. The fourth-order valence-electron chi connectivity index (χ4n) is 2.16. The van der Waals surface area contributed by atoms with E-state index in [4.69, 9.17) is 9.47 Å². The molecule has 0 aliphatic rings. The van der Waals surface area contributed by atoms with Gasteiger partial charge in [0, 0.05) is 0 Å². The van der Waals surface area contributed by atoms with Crippen LogP contribution in [0.3, 0.4) is 0 Å². The molecule has 0 saturated heterocycles. The Hall–Kier alpha value is -1.55. The van der Waals surface area contributed by atoms with Crippen molar-refractivity contribution >= 4 is 5.97 Å². The first-order chi connectivity index (χ1) is 10.1. The number of hydrogen-bond donors (Lipinski definition) is 1. The zero-order valence-electron chi connectivity index (χ0n) is 13.6. The number of esters is 1. The van der Waals surface area contributed by atoms with Crippen LogP contribution in [0, 0.1) is 0 Å². The van der Waals surface area contributed by atoms with Crippen molar-refractivity contribution in [3.8, 4) is 5.75 Å². The van der Waals surface area contributed by atoms with Gasteiger partial charge in [0.25, 0.3) is 0 Å². The van der Waals surface area contributed by atoms with Gasteiger partial charge in [0.05, 0.1) is 13.2 Å². The van der Waals surface area contributed by atoms with Gasteiger partial charge in [0.2, 0.25) is 0 Å². The molecule has 0 aliphatic heterocycles. The second-order valence-electron chi connectivity index (χ2n) is 5.22. The van der Waals surface area contributed by atoms with E-state index in [-0.39, 0.29) is 5.97 Å². The van der Waals surface area contributed by atoms with Crippen molar-refractivity contribution in [3.63, 3.8) is 0 Å². The molecule has 0 spiro atoms. The van der Waals surface area contributed by atoms with Gasteiger partial charge >= 0.3 is 5.97 Å². The van der Waals surface area contributed by atoms with Crippen LogP contribution in [0.25, 0.3) is 0 Å². The largest absolute Gasteiger partial charge is 0.493 e. The molecule has 1 N–H and O–H groups in total. The Bertz CT molecular complexity index is 447. The first-order valence-corrected chi connectivity index (χ1v) is 7.64. The molecule has 0 aliphatic carbocycles. The van der Waals surface area contributed by atoms with Crippen molar-refractivity contribution in [2.45, 2.75) is 45.6 Å². The molecule has 0 radical (unpaired) electrons. The molecule has 0 amide bonds. The van der Waals surface area contributed by atoms with Crippen molar-refractivity contribution in [2.75, 3.05) is 20.3 Å². The van der Waals surface area contributed by atoms with Crippen LogP contribution >= 0.6 is 0 Å². The Labute approximate surface area is 127 Å². The summed E-state index contributed by atoms with van der Waals surface area (Å²) in [6.45, 7) is 6.79. The molecule has 118 valence electrons. The standard InChI is InChI=1S/C17H27NO3/c1-5-14-10-7-8-11-15(14)21-13-9-12-17(3,18-4)16(19)20-6-2/h7-8,10-11,18H,5-6,9,12-13H2,1-4H3. The van der Waals surface area contributed by atoms with Gasteiger partial charge in [0.1, 0.15) is 11.3 Å². The lowest BCUT2D eigenvalue weighted by Crippen LogP contribution is -2.48. The van der Waals surface area contributed by atoms with Crippen LogP contribution in [0.2, 0.25) is 0 Å². The number of carbonyl (C=O) groups is 1. The highest BCUT2D eigenvalue weighted by atomic mass is 16.5. The van der Waals surface area contributed by atoms with E-state index in [2.05, 4.69) is 18.3 Å². The smallest absolute Gasteiger partial charge is 0.326 e. The number of para-hydroxylation sites is 1. The lowest BCUT2D eigenvalue weighted by Gasteiger charge is -2.26. The first kappa shape index (κ1) is 17.5. The number of hydrogen-bond acceptors (Lipinski definition) is 4.